The van der Waals surface area contributed by atoms with Crippen LogP contribution in [0.3, 0.4) is 0 Å². The van der Waals surface area contributed by atoms with Crippen LogP contribution in [-0.2, 0) is 4.79 Å². The normalized spacial score (nSPS) is 13.5. The van der Waals surface area contributed by atoms with Gasteiger partial charge in [0.1, 0.15) is 0 Å². The zero-order valence-corrected chi connectivity index (χ0v) is 15.4. The molecule has 0 heterocycles. The van der Waals surface area contributed by atoms with Gasteiger partial charge in [-0.25, -0.2) is 0 Å². The lowest BCUT2D eigenvalue weighted by Gasteiger charge is -2.15. The molecule has 0 aliphatic rings. The highest BCUT2D eigenvalue weighted by molar-refractivity contribution is 8.76. The van der Waals surface area contributed by atoms with Crippen molar-refractivity contribution in [3.05, 3.63) is 0 Å². The highest BCUT2D eigenvalue weighted by Crippen LogP contribution is 2.20. The zero-order valence-electron chi connectivity index (χ0n) is 13.8. The Labute approximate surface area is 128 Å². The molecule has 0 rings (SSSR count). The van der Waals surface area contributed by atoms with Gasteiger partial charge in [-0.3, -0.25) is 4.79 Å². The predicted octanol–water partition coefficient (Wildman–Crippen LogP) is 4.85. The predicted molar refractivity (Wildman–Crippen MR) is 92.7 cm³/mol. The summed E-state index contributed by atoms with van der Waals surface area (Å²) in [5.74, 6) is 3.03. The van der Waals surface area contributed by atoms with Crippen LogP contribution < -0.4 is 5.32 Å². The third-order valence-corrected chi connectivity index (χ3v) is 4.58. The highest BCUT2D eigenvalue weighted by Gasteiger charge is 2.11. The Bertz CT molecular complexity index is 210. The average molecular weight is 308 g/mol. The molecule has 0 aliphatic carbocycles. The lowest BCUT2D eigenvalue weighted by Crippen LogP contribution is -2.30. The SMILES string of the molecule is CC.CSSCC(C)CNC(=O)CC(C)CC(C)C. The standard InChI is InChI=1S/C13H27NOS2.C2H6/c1-10(2)6-11(3)7-13(15)14-8-12(4)9-17-16-5;1-2/h10-12H,6-9H2,1-5H3,(H,14,15);1-2H3. The molecule has 116 valence electrons. The van der Waals surface area contributed by atoms with Crippen molar-refractivity contribution in [1.29, 1.82) is 0 Å². The molecule has 2 atom stereocenters. The van der Waals surface area contributed by atoms with Crippen LogP contribution in [0.4, 0.5) is 0 Å². The maximum absolute atomic E-state index is 11.7. The number of nitrogens with one attached hydrogen (secondary N) is 1. The van der Waals surface area contributed by atoms with Gasteiger partial charge in [-0.1, -0.05) is 63.1 Å². The number of amides is 1. The molecule has 0 fully saturated rings. The molecule has 0 radical (unpaired) electrons. The first-order valence-corrected chi connectivity index (χ1v) is 10.1. The van der Waals surface area contributed by atoms with Crippen molar-refractivity contribution in [1.82, 2.24) is 5.32 Å². The maximum atomic E-state index is 11.7. The van der Waals surface area contributed by atoms with E-state index < -0.39 is 0 Å². The number of carbonyl (C=O) groups is 1. The number of carbonyl (C=O) groups excluding carboxylic acids is 1. The van der Waals surface area contributed by atoms with Gasteiger partial charge in [-0.05, 0) is 30.4 Å². The first kappa shape index (κ1) is 21.5. The largest absolute Gasteiger partial charge is 0.356 e. The van der Waals surface area contributed by atoms with E-state index in [9.17, 15) is 4.79 Å². The van der Waals surface area contributed by atoms with Gasteiger partial charge in [-0.15, -0.1) is 0 Å². The van der Waals surface area contributed by atoms with Crippen molar-refractivity contribution < 1.29 is 4.79 Å². The van der Waals surface area contributed by atoms with Gasteiger partial charge < -0.3 is 5.32 Å². The first-order chi connectivity index (χ1) is 8.95. The molecule has 0 aromatic carbocycles. The second-order valence-electron chi connectivity index (χ2n) is 5.30. The summed E-state index contributed by atoms with van der Waals surface area (Å²) >= 11 is 0. The molecule has 4 heteroatoms. The van der Waals surface area contributed by atoms with Crippen molar-refractivity contribution >= 4 is 27.5 Å². The van der Waals surface area contributed by atoms with Crippen molar-refractivity contribution in [2.24, 2.45) is 17.8 Å². The minimum atomic E-state index is 0.208. The molecule has 2 nitrogen and oxygen atoms in total. The second kappa shape index (κ2) is 14.6. The molecular formula is C15H33NOS2. The van der Waals surface area contributed by atoms with Crippen molar-refractivity contribution in [3.8, 4) is 0 Å². The second-order valence-corrected chi connectivity index (χ2v) is 7.91. The van der Waals surface area contributed by atoms with E-state index in [2.05, 4.69) is 39.3 Å². The third-order valence-electron chi connectivity index (χ3n) is 2.53. The third kappa shape index (κ3) is 16.1. The van der Waals surface area contributed by atoms with Crippen LogP contribution >= 0.6 is 21.6 Å². The number of hydrogen-bond donors (Lipinski definition) is 1. The van der Waals surface area contributed by atoms with E-state index in [1.165, 1.54) is 0 Å². The Balaban J connectivity index is 0. The molecule has 0 saturated heterocycles. The number of hydrogen-bond acceptors (Lipinski definition) is 3. The van der Waals surface area contributed by atoms with E-state index in [1.54, 1.807) is 10.8 Å². The summed E-state index contributed by atoms with van der Waals surface area (Å²) in [5.41, 5.74) is 0. The molecule has 1 N–H and O–H groups in total. The van der Waals surface area contributed by atoms with E-state index in [0.29, 0.717) is 24.2 Å². The first-order valence-electron chi connectivity index (χ1n) is 7.38. The quantitative estimate of drug-likeness (QED) is 0.617. The lowest BCUT2D eigenvalue weighted by atomic mass is 9.96. The lowest BCUT2D eigenvalue weighted by molar-refractivity contribution is -0.122. The molecule has 0 spiro atoms. The monoisotopic (exact) mass is 307 g/mol. The fourth-order valence-corrected chi connectivity index (χ4v) is 3.40. The van der Waals surface area contributed by atoms with Crippen LogP contribution in [0.15, 0.2) is 0 Å². The zero-order chi connectivity index (χ0) is 15.3. The molecule has 0 bridgehead atoms. The highest BCUT2D eigenvalue weighted by atomic mass is 33.1. The van der Waals surface area contributed by atoms with E-state index in [0.717, 1.165) is 18.7 Å². The van der Waals surface area contributed by atoms with Crippen LogP contribution in [-0.4, -0.2) is 24.5 Å². The van der Waals surface area contributed by atoms with Crippen molar-refractivity contribution in [2.45, 2.75) is 54.4 Å². The Kier molecular flexibility index (Phi) is 16.5. The fourth-order valence-electron chi connectivity index (χ4n) is 1.81. The summed E-state index contributed by atoms with van der Waals surface area (Å²) in [5, 5.41) is 3.03. The number of rotatable bonds is 9. The Hall–Kier alpha value is 0.170. The molecule has 19 heavy (non-hydrogen) atoms. The molecule has 0 aliphatic heterocycles. The topological polar surface area (TPSA) is 29.1 Å². The molecule has 1 amide bonds. The molecule has 2 unspecified atom stereocenters. The minimum Gasteiger partial charge on any atom is -0.356 e. The molecule has 0 aromatic heterocycles. The summed E-state index contributed by atoms with van der Waals surface area (Å²) in [6.07, 6.45) is 3.88. The maximum Gasteiger partial charge on any atom is 0.220 e. The van der Waals surface area contributed by atoms with E-state index >= 15 is 0 Å². The van der Waals surface area contributed by atoms with Crippen molar-refractivity contribution in [2.75, 3.05) is 18.6 Å². The van der Waals surface area contributed by atoms with Crippen LogP contribution in [0, 0.1) is 17.8 Å². The van der Waals surface area contributed by atoms with Gasteiger partial charge in [0.05, 0.1) is 0 Å². The summed E-state index contributed by atoms with van der Waals surface area (Å²) in [6, 6.07) is 0. The van der Waals surface area contributed by atoms with Gasteiger partial charge in [-0.2, -0.15) is 0 Å². The van der Waals surface area contributed by atoms with E-state index in [4.69, 9.17) is 0 Å². The van der Waals surface area contributed by atoms with Gasteiger partial charge in [0.15, 0.2) is 0 Å². The van der Waals surface area contributed by atoms with Crippen LogP contribution in [0.1, 0.15) is 54.4 Å². The Morgan fingerprint density at radius 2 is 1.68 bits per heavy atom. The van der Waals surface area contributed by atoms with Crippen LogP contribution in [0.5, 0.6) is 0 Å². The van der Waals surface area contributed by atoms with Gasteiger partial charge >= 0.3 is 0 Å². The summed E-state index contributed by atoms with van der Waals surface area (Å²) in [7, 11) is 3.64. The summed E-state index contributed by atoms with van der Waals surface area (Å²) in [4.78, 5) is 11.7. The minimum absolute atomic E-state index is 0.208. The van der Waals surface area contributed by atoms with Crippen LogP contribution in [0.2, 0.25) is 0 Å². The van der Waals surface area contributed by atoms with Gasteiger partial charge in [0.25, 0.3) is 0 Å². The summed E-state index contributed by atoms with van der Waals surface area (Å²) < 4.78 is 0. The van der Waals surface area contributed by atoms with Gasteiger partial charge in [0.2, 0.25) is 5.91 Å². The van der Waals surface area contributed by atoms with E-state index in [1.807, 2.05) is 24.6 Å². The van der Waals surface area contributed by atoms with Crippen molar-refractivity contribution in [3.63, 3.8) is 0 Å². The molecular weight excluding hydrogens is 274 g/mol. The Morgan fingerprint density at radius 1 is 1.11 bits per heavy atom. The summed E-state index contributed by atoms with van der Waals surface area (Å²) in [6.45, 7) is 13.6. The molecule has 0 saturated carbocycles. The average Bonchev–Trinajstić information content (AvgIpc) is 2.35. The molecule has 0 aromatic rings. The van der Waals surface area contributed by atoms with Gasteiger partial charge in [0, 0.05) is 18.7 Å². The smallest absolute Gasteiger partial charge is 0.220 e. The Morgan fingerprint density at radius 3 is 2.16 bits per heavy atom. The fraction of sp³-hybridized carbons (Fsp3) is 0.933. The van der Waals surface area contributed by atoms with E-state index in [-0.39, 0.29) is 5.91 Å². The van der Waals surface area contributed by atoms with Crippen LogP contribution in [0.25, 0.3) is 0 Å².